The van der Waals surface area contributed by atoms with Gasteiger partial charge in [-0.05, 0) is 152 Å². The summed E-state index contributed by atoms with van der Waals surface area (Å²) in [4.78, 5) is 21.1. The summed E-state index contributed by atoms with van der Waals surface area (Å²) in [5.41, 5.74) is 20.9. The van der Waals surface area contributed by atoms with Crippen LogP contribution in [0.25, 0.3) is 209 Å². The van der Waals surface area contributed by atoms with Gasteiger partial charge in [0.05, 0.1) is 61.2 Å². The van der Waals surface area contributed by atoms with Crippen molar-refractivity contribution in [1.29, 1.82) is 0 Å². The van der Waals surface area contributed by atoms with Gasteiger partial charge in [-0.25, -0.2) is 19.9 Å². The molecule has 0 atom stereocenters. The molecule has 8 heteroatoms. The maximum atomic E-state index is 6.52. The molecule has 0 radical (unpaired) electrons. The molecule has 0 N–H and O–H groups in total. The van der Waals surface area contributed by atoms with Crippen molar-refractivity contribution >= 4 is 153 Å². The summed E-state index contributed by atoms with van der Waals surface area (Å²) in [6, 6.07) is 116. The predicted molar refractivity (Wildman–Crippen MR) is 414 cm³/mol. The predicted octanol–water partition coefficient (Wildman–Crippen LogP) is 24.5. The SMILES string of the molecule is c1cc(-c2nc3ccccc3nc2-c2ccc3oc4ccccc4c3c2)cc(-n2c3ccc4ccccc4c3c3c4ccccc4ccc32)c1.c1cc(-c2nc3ccccc3nc2-c2cccc3c2oc2ccccc23)cc(-n2c3ccc4ccccc4c3c3c4ccccc4ccc32)c1. The van der Waals surface area contributed by atoms with Crippen LogP contribution >= 0.6 is 0 Å². The molecule has 0 amide bonds. The maximum Gasteiger partial charge on any atom is 0.144 e. The van der Waals surface area contributed by atoms with E-state index < -0.39 is 0 Å². The van der Waals surface area contributed by atoms with E-state index in [0.717, 1.165) is 122 Å². The molecule has 22 aromatic rings. The highest BCUT2D eigenvalue weighted by Gasteiger charge is 2.24. The molecule has 100 heavy (non-hydrogen) atoms. The summed E-state index contributed by atoms with van der Waals surface area (Å²) < 4.78 is 17.5. The van der Waals surface area contributed by atoms with Crippen molar-refractivity contribution in [3.8, 4) is 56.4 Å². The molecule has 464 valence electrons. The zero-order valence-corrected chi connectivity index (χ0v) is 53.7. The molecule has 0 aliphatic rings. The number of aromatic nitrogens is 6. The lowest BCUT2D eigenvalue weighted by molar-refractivity contribution is 0.669. The molecule has 0 aliphatic carbocycles. The lowest BCUT2D eigenvalue weighted by Gasteiger charge is -2.14. The summed E-state index contributed by atoms with van der Waals surface area (Å²) in [7, 11) is 0. The minimum Gasteiger partial charge on any atom is -0.456 e. The highest BCUT2D eigenvalue weighted by molar-refractivity contribution is 6.30. The second-order valence-electron chi connectivity index (χ2n) is 25.9. The van der Waals surface area contributed by atoms with Gasteiger partial charge < -0.3 is 18.0 Å². The van der Waals surface area contributed by atoms with E-state index in [1.54, 1.807) is 0 Å². The zero-order chi connectivity index (χ0) is 65.5. The van der Waals surface area contributed by atoms with E-state index in [2.05, 4.69) is 264 Å². The molecule has 0 bridgehead atoms. The smallest absolute Gasteiger partial charge is 0.144 e. The summed E-state index contributed by atoms with van der Waals surface area (Å²) in [5.74, 6) is 0. The first-order valence-electron chi connectivity index (χ1n) is 33.8. The number of furan rings is 2. The molecule has 0 saturated carbocycles. The van der Waals surface area contributed by atoms with Gasteiger partial charge in [0, 0.05) is 76.7 Å². The van der Waals surface area contributed by atoms with Crippen molar-refractivity contribution in [3.05, 3.63) is 328 Å². The van der Waals surface area contributed by atoms with E-state index in [1.807, 2.05) is 72.8 Å². The Morgan fingerprint density at radius 2 is 0.560 bits per heavy atom. The first-order valence-corrected chi connectivity index (χ1v) is 33.8. The minimum absolute atomic E-state index is 0.796. The average molecular weight is 1280 g/mol. The van der Waals surface area contributed by atoms with E-state index in [-0.39, 0.29) is 0 Å². The lowest BCUT2D eigenvalue weighted by Crippen LogP contribution is -1.98. The number of nitrogens with zero attached hydrogens (tertiary/aromatic N) is 6. The molecular formula is C92H54N6O2. The van der Waals surface area contributed by atoms with Gasteiger partial charge in [-0.2, -0.15) is 0 Å². The summed E-state index contributed by atoms with van der Waals surface area (Å²) in [5, 5.41) is 19.3. The van der Waals surface area contributed by atoms with Crippen molar-refractivity contribution in [3.63, 3.8) is 0 Å². The van der Waals surface area contributed by atoms with Crippen LogP contribution in [0.2, 0.25) is 0 Å². The lowest BCUT2D eigenvalue weighted by atomic mass is 10.00. The average Bonchev–Trinajstić information content (AvgIpc) is 1.56. The number of hydrogen-bond donors (Lipinski definition) is 0. The molecule has 0 spiro atoms. The first-order chi connectivity index (χ1) is 49.6. The molecule has 6 heterocycles. The normalized spacial score (nSPS) is 12.0. The van der Waals surface area contributed by atoms with E-state index in [1.165, 1.54) is 86.7 Å². The van der Waals surface area contributed by atoms with Gasteiger partial charge in [0.25, 0.3) is 0 Å². The van der Waals surface area contributed by atoms with Crippen molar-refractivity contribution < 1.29 is 8.83 Å². The fourth-order valence-corrected chi connectivity index (χ4v) is 15.8. The Balaban J connectivity index is 0.000000131. The third kappa shape index (κ3) is 8.60. The van der Waals surface area contributed by atoms with Gasteiger partial charge in [-0.3, -0.25) is 0 Å². The molecule has 0 unspecified atom stereocenters. The third-order valence-corrected chi connectivity index (χ3v) is 20.3. The monoisotopic (exact) mass is 1270 g/mol. The zero-order valence-electron chi connectivity index (χ0n) is 53.7. The van der Waals surface area contributed by atoms with Crippen molar-refractivity contribution in [1.82, 2.24) is 29.1 Å². The second-order valence-corrected chi connectivity index (χ2v) is 25.9. The Bertz CT molecular complexity index is 7000. The molecule has 0 fully saturated rings. The highest BCUT2D eigenvalue weighted by atomic mass is 16.3. The largest absolute Gasteiger partial charge is 0.456 e. The molecule has 0 aliphatic heterocycles. The number of hydrogen-bond acceptors (Lipinski definition) is 6. The molecule has 22 rings (SSSR count). The number of fused-ring (bicyclic) bond motifs is 22. The number of para-hydroxylation sites is 7. The van der Waals surface area contributed by atoms with Crippen molar-refractivity contribution in [2.75, 3.05) is 0 Å². The van der Waals surface area contributed by atoms with Gasteiger partial charge in [0.2, 0.25) is 0 Å². The Morgan fingerprint density at radius 3 is 1.02 bits per heavy atom. The quantitative estimate of drug-likeness (QED) is 0.165. The van der Waals surface area contributed by atoms with Gasteiger partial charge >= 0.3 is 0 Å². The van der Waals surface area contributed by atoms with E-state index in [9.17, 15) is 0 Å². The van der Waals surface area contributed by atoms with Crippen LogP contribution in [0.15, 0.2) is 336 Å². The molecule has 6 aromatic heterocycles. The van der Waals surface area contributed by atoms with Crippen LogP contribution in [0.1, 0.15) is 0 Å². The molecule has 16 aromatic carbocycles. The number of rotatable bonds is 6. The van der Waals surface area contributed by atoms with Gasteiger partial charge in [0.1, 0.15) is 28.0 Å². The summed E-state index contributed by atoms with van der Waals surface area (Å²) >= 11 is 0. The molecule has 8 nitrogen and oxygen atoms in total. The van der Waals surface area contributed by atoms with Gasteiger partial charge in [0.15, 0.2) is 0 Å². The van der Waals surface area contributed by atoms with Crippen LogP contribution in [0.3, 0.4) is 0 Å². The van der Waals surface area contributed by atoms with E-state index in [4.69, 9.17) is 28.8 Å². The Labute approximate surface area is 571 Å². The fraction of sp³-hybridized carbons (Fsp3) is 0. The van der Waals surface area contributed by atoms with Gasteiger partial charge in [-0.15, -0.1) is 0 Å². The van der Waals surface area contributed by atoms with Crippen molar-refractivity contribution in [2.24, 2.45) is 0 Å². The Kier molecular flexibility index (Phi) is 12.2. The fourth-order valence-electron chi connectivity index (χ4n) is 15.8. The third-order valence-electron chi connectivity index (χ3n) is 20.3. The standard InChI is InChI=1S/2C46H27N3O/c1-3-15-32-28(11-1)23-25-39-42(32)43-33-16-4-2-12-29(33)24-26-40(43)49(39)31-14-9-13-30(27-31)44-45(48-38-21-7-6-20-37(38)47-44)36-19-10-18-35-34-17-5-8-22-41(34)50-46(35)36;1-3-14-33-28(10-1)20-23-39-43(33)44-34-15-4-2-11-29(34)21-24-40(44)49(39)32-13-9-12-30(26-32)45-46(48-38-18-7-6-17-37(38)47-45)31-22-25-42-36(27-31)35-16-5-8-19-41(35)50-42/h2*1-27H. The Morgan fingerprint density at radius 1 is 0.220 bits per heavy atom. The molecule has 0 saturated heterocycles. The van der Waals surface area contributed by atoms with E-state index >= 15 is 0 Å². The Hall–Kier alpha value is -13.6. The van der Waals surface area contributed by atoms with Crippen molar-refractivity contribution in [2.45, 2.75) is 0 Å². The summed E-state index contributed by atoms with van der Waals surface area (Å²) in [6.07, 6.45) is 0. The first kappa shape index (κ1) is 55.7. The van der Waals surface area contributed by atoms with Crippen LogP contribution in [0, 0.1) is 0 Å². The maximum absolute atomic E-state index is 6.52. The second kappa shape index (κ2) is 22.0. The van der Waals surface area contributed by atoms with E-state index in [0.29, 0.717) is 0 Å². The molecular weight excluding hydrogens is 1220 g/mol. The van der Waals surface area contributed by atoms with Crippen LogP contribution in [-0.4, -0.2) is 29.1 Å². The van der Waals surface area contributed by atoms with Crippen LogP contribution < -0.4 is 0 Å². The summed E-state index contributed by atoms with van der Waals surface area (Å²) in [6.45, 7) is 0. The van der Waals surface area contributed by atoms with Crippen LogP contribution in [0.5, 0.6) is 0 Å². The minimum atomic E-state index is 0.796. The van der Waals surface area contributed by atoms with Crippen LogP contribution in [0.4, 0.5) is 0 Å². The van der Waals surface area contributed by atoms with Crippen LogP contribution in [-0.2, 0) is 0 Å². The topological polar surface area (TPSA) is 87.7 Å². The van der Waals surface area contributed by atoms with Gasteiger partial charge in [-0.1, -0.05) is 218 Å². The number of benzene rings is 16. The highest BCUT2D eigenvalue weighted by Crippen LogP contribution is 2.46.